The molecule has 5 heteroatoms. The van der Waals surface area contributed by atoms with Gasteiger partial charge < -0.3 is 10.4 Å². The van der Waals surface area contributed by atoms with Gasteiger partial charge in [0.1, 0.15) is 12.3 Å². The molecule has 20 heavy (non-hydrogen) atoms. The van der Waals surface area contributed by atoms with Crippen molar-refractivity contribution < 1.29 is 9.90 Å². The number of aliphatic hydroxyl groups excluding tert-OH is 1. The first-order chi connectivity index (χ1) is 9.76. The smallest absolute Gasteiger partial charge is 0.271 e. The lowest BCUT2D eigenvalue weighted by Crippen LogP contribution is -2.39. The topological polar surface area (TPSA) is 62.2 Å². The molecule has 0 radical (unpaired) electrons. The van der Waals surface area contributed by atoms with E-state index in [0.29, 0.717) is 16.5 Å². The van der Waals surface area contributed by atoms with Crippen molar-refractivity contribution in [2.24, 2.45) is 0 Å². The van der Waals surface area contributed by atoms with E-state index in [1.807, 2.05) is 0 Å². The number of hydrogen-bond donors (Lipinski definition) is 2. The zero-order chi connectivity index (χ0) is 14.4. The fourth-order valence-corrected chi connectivity index (χ4v) is 3.37. The minimum atomic E-state index is -0.229. The van der Waals surface area contributed by atoms with Crippen LogP contribution in [0.25, 0.3) is 0 Å². The minimum absolute atomic E-state index is 0.182. The van der Waals surface area contributed by atoms with E-state index in [4.69, 9.17) is 5.11 Å². The summed E-state index contributed by atoms with van der Waals surface area (Å²) in [6, 6.07) is 3.68. The van der Waals surface area contributed by atoms with Crippen molar-refractivity contribution in [3.05, 3.63) is 29.6 Å². The minimum Gasteiger partial charge on any atom is -0.384 e. The van der Waals surface area contributed by atoms with Crippen LogP contribution in [0.3, 0.4) is 0 Å². The molecular formula is C15H18N2O2S. The largest absolute Gasteiger partial charge is 0.384 e. The van der Waals surface area contributed by atoms with E-state index in [1.165, 1.54) is 0 Å². The van der Waals surface area contributed by atoms with E-state index < -0.39 is 0 Å². The molecular weight excluding hydrogens is 272 g/mol. The number of amides is 1. The molecule has 0 saturated heterocycles. The third-order valence-corrected chi connectivity index (χ3v) is 4.57. The fourth-order valence-electron chi connectivity index (χ4n) is 2.43. The highest BCUT2D eigenvalue weighted by Crippen LogP contribution is 2.28. The highest BCUT2D eigenvalue weighted by atomic mass is 32.2. The van der Waals surface area contributed by atoms with Crippen LogP contribution in [0.1, 0.15) is 35.3 Å². The molecule has 1 aromatic heterocycles. The van der Waals surface area contributed by atoms with Crippen LogP contribution in [-0.4, -0.2) is 40.2 Å². The third kappa shape index (κ3) is 3.53. The highest BCUT2D eigenvalue weighted by Gasteiger charge is 2.28. The summed E-state index contributed by atoms with van der Waals surface area (Å²) in [7, 11) is 0. The van der Waals surface area contributed by atoms with Crippen LogP contribution < -0.4 is 5.32 Å². The summed E-state index contributed by atoms with van der Waals surface area (Å²) < 4.78 is 0. The van der Waals surface area contributed by atoms with Gasteiger partial charge in [-0.2, -0.15) is 11.8 Å². The van der Waals surface area contributed by atoms with Crippen molar-refractivity contribution >= 4 is 17.7 Å². The molecule has 1 aliphatic rings. The van der Waals surface area contributed by atoms with Crippen LogP contribution in [0.2, 0.25) is 0 Å². The van der Waals surface area contributed by atoms with Gasteiger partial charge in [-0.25, -0.2) is 4.98 Å². The number of rotatable bonds is 3. The van der Waals surface area contributed by atoms with Crippen LogP contribution in [-0.2, 0) is 0 Å². The number of hydrogen-bond acceptors (Lipinski definition) is 4. The molecule has 2 N–H and O–H groups in total. The quantitative estimate of drug-likeness (QED) is 0.827. The number of carbonyl (C=O) groups is 1. The maximum absolute atomic E-state index is 12.3. The summed E-state index contributed by atoms with van der Waals surface area (Å²) in [6.07, 6.45) is 6.97. The fraction of sp³-hybridized carbons (Fsp3) is 0.467. The second-order valence-corrected chi connectivity index (χ2v) is 5.72. The van der Waals surface area contributed by atoms with Crippen LogP contribution in [0.5, 0.6) is 0 Å². The molecule has 1 heterocycles. The van der Waals surface area contributed by atoms with E-state index in [1.54, 1.807) is 30.1 Å². The first-order valence-electron chi connectivity index (χ1n) is 6.64. The van der Waals surface area contributed by atoms with Gasteiger partial charge in [-0.05, 0) is 31.2 Å². The predicted octanol–water partition coefficient (Wildman–Crippen LogP) is 1.44. The molecule has 0 spiro atoms. The Morgan fingerprint density at radius 1 is 1.60 bits per heavy atom. The highest BCUT2D eigenvalue weighted by molar-refractivity contribution is 7.99. The lowest BCUT2D eigenvalue weighted by Gasteiger charge is -2.19. The van der Waals surface area contributed by atoms with Gasteiger partial charge in [0.2, 0.25) is 0 Å². The van der Waals surface area contributed by atoms with Gasteiger partial charge in [0.25, 0.3) is 5.91 Å². The number of aromatic nitrogens is 1. The lowest BCUT2D eigenvalue weighted by atomic mass is 10.1. The van der Waals surface area contributed by atoms with E-state index in [0.717, 1.165) is 19.3 Å². The maximum Gasteiger partial charge on any atom is 0.271 e. The maximum atomic E-state index is 12.3. The Morgan fingerprint density at radius 3 is 3.20 bits per heavy atom. The van der Waals surface area contributed by atoms with Crippen molar-refractivity contribution in [2.45, 2.75) is 30.6 Å². The number of carbonyl (C=O) groups excluding carboxylic acids is 1. The average Bonchev–Trinajstić information content (AvgIpc) is 2.92. The van der Waals surface area contributed by atoms with E-state index in [2.05, 4.69) is 28.4 Å². The van der Waals surface area contributed by atoms with E-state index in [-0.39, 0.29) is 18.6 Å². The van der Waals surface area contributed by atoms with Crippen molar-refractivity contribution in [3.8, 4) is 11.8 Å². The van der Waals surface area contributed by atoms with Gasteiger partial charge in [0.15, 0.2) is 0 Å². The number of nitrogens with one attached hydrogen (secondary N) is 1. The Kier molecular flexibility index (Phi) is 5.45. The molecule has 4 nitrogen and oxygen atoms in total. The molecule has 2 rings (SSSR count). The molecule has 2 unspecified atom stereocenters. The van der Waals surface area contributed by atoms with Crippen LogP contribution in [0, 0.1) is 11.8 Å². The third-order valence-electron chi connectivity index (χ3n) is 3.40. The van der Waals surface area contributed by atoms with Gasteiger partial charge in [0, 0.05) is 17.5 Å². The van der Waals surface area contributed by atoms with Crippen molar-refractivity contribution in [2.75, 3.05) is 12.9 Å². The summed E-state index contributed by atoms with van der Waals surface area (Å²) in [4.78, 5) is 16.5. The summed E-state index contributed by atoms with van der Waals surface area (Å²) in [6.45, 7) is -0.229. The summed E-state index contributed by atoms with van der Waals surface area (Å²) >= 11 is 1.80. The lowest BCUT2D eigenvalue weighted by molar-refractivity contribution is 0.0933. The Bertz CT molecular complexity index is 536. The molecule has 2 atom stereocenters. The molecule has 1 aromatic rings. The first-order valence-corrected chi connectivity index (χ1v) is 7.93. The van der Waals surface area contributed by atoms with Crippen molar-refractivity contribution in [1.82, 2.24) is 10.3 Å². The normalized spacial score (nSPS) is 21.1. The standard InChI is InChI=1S/C15H18N2O2S/c1-20-13-8-2-7-12(13)17-15(19)14-11(6-4-10-18)5-3-9-16-14/h3,5,9,12-13,18H,2,7-8,10H2,1H3,(H,17,19). The van der Waals surface area contributed by atoms with Crippen LogP contribution in [0.15, 0.2) is 18.3 Å². The average molecular weight is 290 g/mol. The summed E-state index contributed by atoms with van der Waals surface area (Å²) in [5.41, 5.74) is 0.887. The zero-order valence-corrected chi connectivity index (χ0v) is 12.2. The first kappa shape index (κ1) is 14.9. The predicted molar refractivity (Wildman–Crippen MR) is 80.6 cm³/mol. The van der Waals surface area contributed by atoms with Gasteiger partial charge >= 0.3 is 0 Å². The molecule has 1 aliphatic carbocycles. The van der Waals surface area contributed by atoms with Gasteiger partial charge in [-0.1, -0.05) is 18.3 Å². The number of nitrogens with zero attached hydrogens (tertiary/aromatic N) is 1. The molecule has 0 aliphatic heterocycles. The van der Waals surface area contributed by atoms with Gasteiger partial charge in [-0.15, -0.1) is 0 Å². The Hall–Kier alpha value is -1.51. The Morgan fingerprint density at radius 2 is 2.45 bits per heavy atom. The molecule has 1 saturated carbocycles. The molecule has 0 bridgehead atoms. The van der Waals surface area contributed by atoms with Crippen LogP contribution in [0.4, 0.5) is 0 Å². The zero-order valence-electron chi connectivity index (χ0n) is 11.4. The van der Waals surface area contributed by atoms with Gasteiger partial charge in [-0.3, -0.25) is 4.79 Å². The number of pyridine rings is 1. The second kappa shape index (κ2) is 7.32. The van der Waals surface area contributed by atoms with Crippen molar-refractivity contribution in [3.63, 3.8) is 0 Å². The van der Waals surface area contributed by atoms with Crippen LogP contribution >= 0.6 is 11.8 Å². The molecule has 1 amide bonds. The number of thioether (sulfide) groups is 1. The molecule has 1 fully saturated rings. The number of aliphatic hydroxyl groups is 1. The monoisotopic (exact) mass is 290 g/mol. The van der Waals surface area contributed by atoms with E-state index in [9.17, 15) is 4.79 Å². The Balaban J connectivity index is 2.13. The van der Waals surface area contributed by atoms with Crippen molar-refractivity contribution in [1.29, 1.82) is 0 Å². The molecule has 0 aromatic carbocycles. The second-order valence-electron chi connectivity index (χ2n) is 4.64. The van der Waals surface area contributed by atoms with E-state index >= 15 is 0 Å². The van der Waals surface area contributed by atoms with Gasteiger partial charge in [0.05, 0.1) is 5.56 Å². The Labute approximate surface area is 123 Å². The summed E-state index contributed by atoms with van der Waals surface area (Å²) in [5, 5.41) is 12.3. The summed E-state index contributed by atoms with van der Waals surface area (Å²) in [5.74, 6) is 5.14. The molecule has 106 valence electrons. The SMILES string of the molecule is CSC1CCCC1NC(=O)c1ncccc1C#CCO.